The van der Waals surface area contributed by atoms with Gasteiger partial charge in [-0.15, -0.1) is 0 Å². The van der Waals surface area contributed by atoms with E-state index in [4.69, 9.17) is 9.97 Å². The van der Waals surface area contributed by atoms with Crippen LogP contribution in [0.5, 0.6) is 0 Å². The smallest absolute Gasteiger partial charge is 0.227 e. The van der Waals surface area contributed by atoms with Crippen LogP contribution in [0.2, 0.25) is 0 Å². The maximum Gasteiger partial charge on any atom is 0.227 e. The molecule has 0 radical (unpaired) electrons. The summed E-state index contributed by atoms with van der Waals surface area (Å²) in [6.07, 6.45) is 5.05. The van der Waals surface area contributed by atoms with Gasteiger partial charge in [0.25, 0.3) is 0 Å². The van der Waals surface area contributed by atoms with Crippen LogP contribution in [0.3, 0.4) is 0 Å². The van der Waals surface area contributed by atoms with E-state index >= 15 is 0 Å². The van der Waals surface area contributed by atoms with Crippen molar-refractivity contribution < 1.29 is 0 Å². The van der Waals surface area contributed by atoms with E-state index in [-0.39, 0.29) is 6.04 Å². The van der Waals surface area contributed by atoms with E-state index in [9.17, 15) is 0 Å². The molecule has 1 aliphatic heterocycles. The lowest BCUT2D eigenvalue weighted by Gasteiger charge is -2.23. The minimum absolute atomic E-state index is 0.187. The zero-order valence-electron chi connectivity index (χ0n) is 15.4. The molecule has 1 atom stereocenters. The highest BCUT2D eigenvalue weighted by molar-refractivity contribution is 5.90. The van der Waals surface area contributed by atoms with Gasteiger partial charge in [-0.05, 0) is 37.5 Å². The summed E-state index contributed by atoms with van der Waals surface area (Å²) in [5, 5.41) is 4.70. The monoisotopic (exact) mass is 346 g/mol. The van der Waals surface area contributed by atoms with Crippen molar-refractivity contribution in [3.05, 3.63) is 60.2 Å². The van der Waals surface area contributed by atoms with Gasteiger partial charge < -0.3 is 10.2 Å². The number of nitrogens with one attached hydrogen (secondary N) is 1. The summed E-state index contributed by atoms with van der Waals surface area (Å²) in [7, 11) is 0. The quantitative estimate of drug-likeness (QED) is 0.706. The van der Waals surface area contributed by atoms with Gasteiger partial charge in [-0.25, -0.2) is 4.98 Å². The molecule has 4 nitrogen and oxygen atoms in total. The molecule has 4 heteroatoms. The van der Waals surface area contributed by atoms with E-state index in [1.807, 2.05) is 12.1 Å². The minimum Gasteiger partial charge on any atom is -0.363 e. The number of para-hydroxylation sites is 1. The number of aromatic nitrogens is 2. The van der Waals surface area contributed by atoms with Gasteiger partial charge in [-0.1, -0.05) is 55.3 Å². The molecule has 1 unspecified atom stereocenters. The summed E-state index contributed by atoms with van der Waals surface area (Å²) in [6.45, 7) is 4.27. The molecule has 0 spiro atoms. The first kappa shape index (κ1) is 16.8. The Kier molecular flexibility index (Phi) is 5.00. The highest BCUT2D eigenvalue weighted by Gasteiger charge is 2.16. The van der Waals surface area contributed by atoms with Gasteiger partial charge in [0.1, 0.15) is 5.82 Å². The Labute approximate surface area is 155 Å². The average Bonchev–Trinajstić information content (AvgIpc) is 2.98. The van der Waals surface area contributed by atoms with Gasteiger partial charge in [0.2, 0.25) is 5.95 Å². The van der Waals surface area contributed by atoms with E-state index in [0.717, 1.165) is 35.8 Å². The topological polar surface area (TPSA) is 41.1 Å². The fourth-order valence-electron chi connectivity index (χ4n) is 3.62. The molecule has 1 fully saturated rings. The predicted molar refractivity (Wildman–Crippen MR) is 109 cm³/mol. The molecular formula is C22H26N4. The van der Waals surface area contributed by atoms with Crippen LogP contribution in [0.1, 0.15) is 44.2 Å². The van der Waals surface area contributed by atoms with Crippen molar-refractivity contribution in [1.82, 2.24) is 9.97 Å². The summed E-state index contributed by atoms with van der Waals surface area (Å²) in [4.78, 5) is 12.1. The molecule has 0 saturated carbocycles. The maximum absolute atomic E-state index is 4.94. The summed E-state index contributed by atoms with van der Waals surface area (Å²) in [6, 6.07) is 19.0. The fraction of sp³-hybridized carbons (Fsp3) is 0.364. The Morgan fingerprint density at radius 2 is 1.54 bits per heavy atom. The zero-order valence-corrected chi connectivity index (χ0v) is 15.4. The SMILES string of the molecule is CC(Nc1nc(N2CCCCCC2)nc2ccccc12)c1ccccc1. The lowest BCUT2D eigenvalue weighted by atomic mass is 10.1. The van der Waals surface area contributed by atoms with E-state index in [2.05, 4.69) is 59.6 Å². The molecule has 0 amide bonds. The highest BCUT2D eigenvalue weighted by Crippen LogP contribution is 2.27. The molecule has 1 aliphatic rings. The molecule has 1 N–H and O–H groups in total. The van der Waals surface area contributed by atoms with E-state index in [0.29, 0.717) is 0 Å². The van der Waals surface area contributed by atoms with Crippen molar-refractivity contribution in [3.63, 3.8) is 0 Å². The molecule has 3 aromatic rings. The predicted octanol–water partition coefficient (Wildman–Crippen LogP) is 5.18. The second-order valence-electron chi connectivity index (χ2n) is 7.07. The Morgan fingerprint density at radius 1 is 0.846 bits per heavy atom. The van der Waals surface area contributed by atoms with Crippen LogP contribution >= 0.6 is 0 Å². The normalized spacial score (nSPS) is 16.3. The lowest BCUT2D eigenvalue weighted by molar-refractivity contribution is 0.726. The van der Waals surface area contributed by atoms with E-state index < -0.39 is 0 Å². The van der Waals surface area contributed by atoms with Crippen LogP contribution in [0.4, 0.5) is 11.8 Å². The second-order valence-corrected chi connectivity index (χ2v) is 7.07. The third kappa shape index (κ3) is 3.64. The molecular weight excluding hydrogens is 320 g/mol. The number of benzene rings is 2. The van der Waals surface area contributed by atoms with E-state index in [1.54, 1.807) is 0 Å². The van der Waals surface area contributed by atoms with Gasteiger partial charge in [0.05, 0.1) is 5.52 Å². The Morgan fingerprint density at radius 3 is 2.31 bits per heavy atom. The summed E-state index contributed by atoms with van der Waals surface area (Å²) >= 11 is 0. The van der Waals surface area contributed by atoms with Crippen molar-refractivity contribution in [1.29, 1.82) is 0 Å². The molecule has 0 aliphatic carbocycles. The highest BCUT2D eigenvalue weighted by atomic mass is 15.3. The summed E-state index contributed by atoms with van der Waals surface area (Å²) in [5.74, 6) is 1.78. The minimum atomic E-state index is 0.187. The maximum atomic E-state index is 4.94. The Hall–Kier alpha value is -2.62. The number of anilines is 2. The Balaban J connectivity index is 1.70. The number of rotatable bonds is 4. The van der Waals surface area contributed by atoms with Crippen molar-refractivity contribution in [2.24, 2.45) is 0 Å². The number of nitrogens with zero attached hydrogens (tertiary/aromatic N) is 3. The standard InChI is InChI=1S/C22H26N4/c1-17(18-11-5-4-6-12-18)23-21-19-13-7-8-14-20(19)24-22(25-21)26-15-9-2-3-10-16-26/h4-8,11-14,17H,2-3,9-10,15-16H2,1H3,(H,23,24,25). The van der Waals surface area contributed by atoms with Crippen LogP contribution < -0.4 is 10.2 Å². The molecule has 1 aromatic heterocycles. The van der Waals surface area contributed by atoms with E-state index in [1.165, 1.54) is 31.2 Å². The van der Waals surface area contributed by atoms with Crippen LogP contribution in [-0.4, -0.2) is 23.1 Å². The third-order valence-electron chi connectivity index (χ3n) is 5.13. The molecule has 4 rings (SSSR count). The average molecular weight is 346 g/mol. The molecule has 134 valence electrons. The number of fused-ring (bicyclic) bond motifs is 1. The molecule has 2 aromatic carbocycles. The van der Waals surface area contributed by atoms with Crippen LogP contribution in [0.15, 0.2) is 54.6 Å². The van der Waals surface area contributed by atoms with Crippen molar-refractivity contribution in [2.75, 3.05) is 23.3 Å². The van der Waals surface area contributed by atoms with Gasteiger partial charge in [-0.3, -0.25) is 0 Å². The van der Waals surface area contributed by atoms with Gasteiger partial charge in [0, 0.05) is 24.5 Å². The second kappa shape index (κ2) is 7.73. The first-order valence-electron chi connectivity index (χ1n) is 9.64. The molecule has 26 heavy (non-hydrogen) atoms. The van der Waals surface area contributed by atoms with Gasteiger partial charge in [0.15, 0.2) is 0 Å². The Bertz CT molecular complexity index is 854. The largest absolute Gasteiger partial charge is 0.363 e. The molecule has 1 saturated heterocycles. The molecule has 0 bridgehead atoms. The van der Waals surface area contributed by atoms with Crippen LogP contribution in [0, 0.1) is 0 Å². The van der Waals surface area contributed by atoms with Crippen LogP contribution in [0.25, 0.3) is 10.9 Å². The van der Waals surface area contributed by atoms with Gasteiger partial charge in [-0.2, -0.15) is 4.98 Å². The molecule has 2 heterocycles. The lowest BCUT2D eigenvalue weighted by Crippen LogP contribution is -2.26. The summed E-state index contributed by atoms with van der Waals surface area (Å²) < 4.78 is 0. The van der Waals surface area contributed by atoms with Crippen molar-refractivity contribution >= 4 is 22.7 Å². The van der Waals surface area contributed by atoms with Crippen molar-refractivity contribution in [2.45, 2.75) is 38.6 Å². The zero-order chi connectivity index (χ0) is 17.8. The third-order valence-corrected chi connectivity index (χ3v) is 5.13. The number of hydrogen-bond acceptors (Lipinski definition) is 4. The summed E-state index contributed by atoms with van der Waals surface area (Å²) in [5.41, 5.74) is 2.26. The first-order valence-corrected chi connectivity index (χ1v) is 9.64. The van der Waals surface area contributed by atoms with Gasteiger partial charge >= 0.3 is 0 Å². The first-order chi connectivity index (χ1) is 12.8. The van der Waals surface area contributed by atoms with Crippen molar-refractivity contribution in [3.8, 4) is 0 Å². The fourth-order valence-corrected chi connectivity index (χ4v) is 3.62. The number of hydrogen-bond donors (Lipinski definition) is 1. The van der Waals surface area contributed by atoms with Crippen LogP contribution in [-0.2, 0) is 0 Å².